The van der Waals surface area contributed by atoms with Gasteiger partial charge in [0.25, 0.3) is 8.14 Å². The third-order valence-electron chi connectivity index (χ3n) is 5.86. The van der Waals surface area contributed by atoms with Gasteiger partial charge in [0.1, 0.15) is 5.36 Å². The van der Waals surface area contributed by atoms with Crippen LogP contribution in [0.3, 0.4) is 0 Å². The summed E-state index contributed by atoms with van der Waals surface area (Å²) < 4.78 is 6.44. The molecule has 110 valence electrons. The first-order valence-corrected chi connectivity index (χ1v) is 17.4. The van der Waals surface area contributed by atoms with Crippen LogP contribution in [0.15, 0.2) is 23.9 Å². The van der Waals surface area contributed by atoms with Gasteiger partial charge in [-0.1, -0.05) is 23.4 Å². The minimum atomic E-state index is -1.61. The van der Waals surface area contributed by atoms with Crippen LogP contribution in [0.4, 0.5) is 0 Å². The van der Waals surface area contributed by atoms with Gasteiger partial charge < -0.3 is 19.5 Å². The van der Waals surface area contributed by atoms with E-state index in [0.29, 0.717) is 11.0 Å². The van der Waals surface area contributed by atoms with Crippen LogP contribution in [0, 0.1) is 0 Å². The maximum Gasteiger partial charge on any atom is 1.00 e. The molecule has 1 aromatic rings. The molecule has 0 radical (unpaired) electrons. The molecule has 0 amide bonds. The fourth-order valence-corrected chi connectivity index (χ4v) is 54.0. The van der Waals surface area contributed by atoms with E-state index in [0.717, 1.165) is 0 Å². The molecule has 4 aliphatic heterocycles. The van der Waals surface area contributed by atoms with Crippen molar-refractivity contribution in [3.05, 3.63) is 29.1 Å². The molecule has 1 aromatic heterocycles. The smallest absolute Gasteiger partial charge is 0.549 e. The summed E-state index contributed by atoms with van der Waals surface area (Å²) in [4.78, 5) is 2.56. The summed E-state index contributed by atoms with van der Waals surface area (Å²) >= 11 is 0. The number of nitrogens with zero attached hydrogens (tertiary/aromatic N) is 1. The Kier molecular flexibility index (Phi) is 3.64. The van der Waals surface area contributed by atoms with Crippen molar-refractivity contribution < 1.29 is 33.5 Å². The van der Waals surface area contributed by atoms with Gasteiger partial charge in [-0.05, 0) is 33.2 Å². The van der Waals surface area contributed by atoms with Crippen LogP contribution in [0.5, 0.6) is 5.36 Å². The van der Waals surface area contributed by atoms with Gasteiger partial charge >= 0.3 is 18.9 Å². The first-order valence-electron chi connectivity index (χ1n) is 7.59. The molecular weight excluding hydrogens is 337 g/mol. The van der Waals surface area contributed by atoms with Crippen LogP contribution in [-0.4, -0.2) is 77.2 Å². The zero-order valence-electron chi connectivity index (χ0n) is 12.9. The van der Waals surface area contributed by atoms with E-state index >= 15 is 0 Å². The van der Waals surface area contributed by atoms with Crippen LogP contribution in [0.1, 0.15) is 5.17 Å². The van der Waals surface area contributed by atoms with Crippen molar-refractivity contribution in [1.82, 2.24) is 4.90 Å². The van der Waals surface area contributed by atoms with Gasteiger partial charge in [-0.3, -0.25) is 8.31 Å². The van der Waals surface area contributed by atoms with Crippen molar-refractivity contribution in [3.63, 3.8) is 0 Å². The molecule has 1 fully saturated rings. The topological polar surface area (TPSA) is 52.9 Å². The number of aliphatic hydroxyl groups excluding tert-OH is 1. The predicted molar refractivity (Wildman–Crippen MR) is 87.4 cm³/mol. The summed E-state index contributed by atoms with van der Waals surface area (Å²) in [5, 5.41) is 23.1. The first kappa shape index (κ1) is 15.7. The normalized spacial score (nSPS) is 37.4. The number of aromatic hydroxyl groups is 1. The van der Waals surface area contributed by atoms with Crippen molar-refractivity contribution in [1.29, 1.82) is 0 Å². The SMILES string of the molecule is CN1CC[Si@@]23[C@H]4O[si]5c(O)ccc([si]52)C[C@@H]1[Si-]3C=C[C@@H]4O.[Li+]. The monoisotopic (exact) mass is 355 g/mol. The molecule has 5 rings (SSSR count). The van der Waals surface area contributed by atoms with Crippen LogP contribution < -0.4 is 23.3 Å². The maximum atomic E-state index is 10.6. The van der Waals surface area contributed by atoms with E-state index in [1.807, 2.05) is 12.1 Å². The average Bonchev–Trinajstić information content (AvgIpc) is 2.83. The summed E-state index contributed by atoms with van der Waals surface area (Å²) in [6, 6.07) is 5.40. The second-order valence-corrected chi connectivity index (χ2v) is 28.9. The van der Waals surface area contributed by atoms with E-state index in [9.17, 15) is 10.2 Å². The van der Waals surface area contributed by atoms with E-state index in [-0.39, 0.29) is 24.6 Å². The Balaban J connectivity index is 0.00000125. The molecule has 0 aromatic carbocycles. The van der Waals surface area contributed by atoms with E-state index in [4.69, 9.17) is 4.43 Å². The van der Waals surface area contributed by atoms with Gasteiger partial charge in [-0.25, -0.2) is 5.70 Å². The fourth-order valence-electron chi connectivity index (χ4n) is 4.92. The van der Waals surface area contributed by atoms with Crippen molar-refractivity contribution >= 4 is 31.0 Å². The Labute approximate surface area is 147 Å². The van der Waals surface area contributed by atoms with Gasteiger partial charge in [0, 0.05) is 7.42 Å². The fraction of sp³-hybridized carbons (Fsp3) is 0.538. The van der Waals surface area contributed by atoms with Gasteiger partial charge in [-0.2, -0.15) is 0 Å². The molecule has 1 spiro atoms. The molecule has 0 unspecified atom stereocenters. The van der Waals surface area contributed by atoms with Crippen LogP contribution in [0.25, 0.3) is 0 Å². The Morgan fingerprint density at radius 3 is 3.09 bits per heavy atom. The minimum absolute atomic E-state index is 0. The molecule has 0 aliphatic carbocycles. The molecule has 4 atom stereocenters. The van der Waals surface area contributed by atoms with Crippen molar-refractivity contribution in [2.75, 3.05) is 13.6 Å². The number of rotatable bonds is 0. The summed E-state index contributed by atoms with van der Waals surface area (Å²) in [5.74, 6) is 0. The number of likely N-dealkylation sites (N-methyl/N-ethyl adjacent to an activating group) is 1. The van der Waals surface area contributed by atoms with Crippen molar-refractivity contribution in [2.45, 2.75) is 30.0 Å². The predicted octanol–water partition coefficient (Wildman–Crippen LogP) is -3.96. The Morgan fingerprint density at radius 2 is 2.27 bits per heavy atom. The van der Waals surface area contributed by atoms with Gasteiger partial charge in [0.15, 0.2) is 0 Å². The molecule has 0 saturated carbocycles. The molecule has 5 heterocycles. The molecule has 4 aliphatic rings. The molecule has 1 saturated heterocycles. The summed E-state index contributed by atoms with van der Waals surface area (Å²) in [5.41, 5.74) is 3.21. The van der Waals surface area contributed by atoms with Gasteiger partial charge in [0.2, 0.25) is 0 Å². The molecular formula is C13H18LiNO3Si4. The van der Waals surface area contributed by atoms with Gasteiger partial charge in [-0.15, -0.1) is 5.67 Å². The molecule has 4 nitrogen and oxygen atoms in total. The number of aliphatic hydroxyl groups is 1. The largest absolute Gasteiger partial charge is 1.00 e. The summed E-state index contributed by atoms with van der Waals surface area (Å²) in [6.07, 6.45) is 2.80. The molecule has 22 heavy (non-hydrogen) atoms. The minimum Gasteiger partial charge on any atom is -0.549 e. The van der Waals surface area contributed by atoms with E-state index in [1.165, 1.54) is 19.0 Å². The van der Waals surface area contributed by atoms with E-state index in [1.54, 1.807) is 5.17 Å². The number of hydrogen-bond donors (Lipinski definition) is 2. The average molecular weight is 356 g/mol. The zero-order valence-corrected chi connectivity index (χ0v) is 16.9. The Hall–Kier alpha value is 0.205. The maximum absolute atomic E-state index is 10.6. The van der Waals surface area contributed by atoms with Crippen LogP contribution in [0.2, 0.25) is 6.04 Å². The summed E-state index contributed by atoms with van der Waals surface area (Å²) in [6.45, 7) is 1.17. The Bertz CT molecular complexity index is 689. The van der Waals surface area contributed by atoms with E-state index in [2.05, 4.69) is 23.7 Å². The quantitative estimate of drug-likeness (QED) is 0.467. The zero-order chi connectivity index (χ0) is 14.4. The molecule has 2 N–H and O–H groups in total. The first-order chi connectivity index (χ1) is 10.1. The van der Waals surface area contributed by atoms with Crippen molar-refractivity contribution in [3.8, 4) is 5.36 Å². The van der Waals surface area contributed by atoms with E-state index < -0.39 is 37.1 Å². The second-order valence-electron chi connectivity index (χ2n) is 6.71. The standard InChI is InChI=1S/C13H18NO3Si4.Li/c1-14-5-7-21-13-10(15)4-6-18(21)11(14)8-9-2-3-12(16)19(17-13)20(9)21;/h2-4,6,10-11,13,15-16H,5,7-8H2,1H3;/q-1;+1/t10-,11-,13+,21-;/m0./s1. The van der Waals surface area contributed by atoms with Crippen LogP contribution in [-0.2, 0) is 6.42 Å². The Morgan fingerprint density at radius 1 is 1.45 bits per heavy atom. The van der Waals surface area contributed by atoms with Crippen molar-refractivity contribution in [2.24, 2.45) is 0 Å². The molecule has 2 bridgehead atoms. The molecule has 9 heteroatoms. The third kappa shape index (κ3) is 1.70. The van der Waals surface area contributed by atoms with Crippen LogP contribution >= 0.6 is 0 Å². The third-order valence-corrected chi connectivity index (χ3v) is 43.0. The second kappa shape index (κ2) is 5.10. The number of hydrogen-bond acceptors (Lipinski definition) is 4. The summed E-state index contributed by atoms with van der Waals surface area (Å²) in [7, 11) is -1.87. The van der Waals surface area contributed by atoms with Gasteiger partial charge in [0.05, 0.1) is 11.8 Å².